The van der Waals surface area contributed by atoms with Crippen LogP contribution in [0, 0.1) is 5.92 Å². The first-order valence-corrected chi connectivity index (χ1v) is 6.38. The van der Waals surface area contributed by atoms with Gasteiger partial charge in [-0.1, -0.05) is 25.1 Å². The van der Waals surface area contributed by atoms with Crippen LogP contribution in [-0.4, -0.2) is 24.9 Å². The average Bonchev–Trinajstić information content (AvgIpc) is 2.82. The Labute approximate surface area is 112 Å². The first kappa shape index (κ1) is 13.5. The van der Waals surface area contributed by atoms with E-state index in [2.05, 4.69) is 6.07 Å². The van der Waals surface area contributed by atoms with Crippen LogP contribution < -0.4 is 4.84 Å². The number of nitrogens with zero attached hydrogens (tertiary/aromatic N) is 1. The molecule has 0 fully saturated rings. The Morgan fingerprint density at radius 3 is 2.74 bits per heavy atom. The molecular formula is C15H19NO3. The van der Waals surface area contributed by atoms with Gasteiger partial charge in [-0.25, -0.2) is 0 Å². The van der Waals surface area contributed by atoms with Gasteiger partial charge in [0.25, 0.3) is 0 Å². The Morgan fingerprint density at radius 2 is 2.05 bits per heavy atom. The highest BCUT2D eigenvalue weighted by atomic mass is 16.6. The summed E-state index contributed by atoms with van der Waals surface area (Å²) in [6, 6.07) is 8.09. The van der Waals surface area contributed by atoms with Crippen LogP contribution in [0.4, 0.5) is 0 Å². The highest BCUT2D eigenvalue weighted by Gasteiger charge is 2.15. The number of para-hydroxylation sites is 1. The molecule has 0 amide bonds. The maximum absolute atomic E-state index is 11.4. The molecule has 1 aromatic carbocycles. The van der Waals surface area contributed by atoms with E-state index in [9.17, 15) is 4.79 Å². The third-order valence-electron chi connectivity index (χ3n) is 3.41. The van der Waals surface area contributed by atoms with Crippen LogP contribution in [0.1, 0.15) is 18.9 Å². The number of aryl methyl sites for hydroxylation is 1. The van der Waals surface area contributed by atoms with Gasteiger partial charge in [0.2, 0.25) is 0 Å². The molecule has 19 heavy (non-hydrogen) atoms. The third kappa shape index (κ3) is 2.72. The fourth-order valence-electron chi connectivity index (χ4n) is 2.26. The molecule has 0 spiro atoms. The minimum atomic E-state index is -0.157. The van der Waals surface area contributed by atoms with Crippen molar-refractivity contribution in [1.82, 2.24) is 4.73 Å². The van der Waals surface area contributed by atoms with E-state index in [1.165, 1.54) is 18.1 Å². The second kappa shape index (κ2) is 5.78. The van der Waals surface area contributed by atoms with Crippen LogP contribution in [0.5, 0.6) is 0 Å². The maximum atomic E-state index is 11.4. The van der Waals surface area contributed by atoms with Gasteiger partial charge in [-0.05, 0) is 24.5 Å². The lowest BCUT2D eigenvalue weighted by atomic mass is 10.0. The molecule has 0 N–H and O–H groups in total. The molecule has 0 aliphatic carbocycles. The lowest BCUT2D eigenvalue weighted by molar-refractivity contribution is -0.145. The predicted molar refractivity (Wildman–Crippen MR) is 73.9 cm³/mol. The van der Waals surface area contributed by atoms with E-state index >= 15 is 0 Å². The largest absolute Gasteiger partial charge is 0.469 e. The zero-order chi connectivity index (χ0) is 13.8. The summed E-state index contributed by atoms with van der Waals surface area (Å²) in [7, 11) is 3.07. The Kier molecular flexibility index (Phi) is 4.10. The molecule has 0 saturated heterocycles. The van der Waals surface area contributed by atoms with Crippen LogP contribution >= 0.6 is 0 Å². The predicted octanol–water partition coefficient (Wildman–Crippen LogP) is 2.44. The van der Waals surface area contributed by atoms with E-state index in [-0.39, 0.29) is 11.9 Å². The van der Waals surface area contributed by atoms with Crippen molar-refractivity contribution in [2.45, 2.75) is 19.8 Å². The van der Waals surface area contributed by atoms with Crippen LogP contribution in [0.25, 0.3) is 10.9 Å². The van der Waals surface area contributed by atoms with Crippen LogP contribution in [0.2, 0.25) is 0 Å². The molecule has 0 radical (unpaired) electrons. The molecule has 1 heterocycles. The number of benzene rings is 1. The van der Waals surface area contributed by atoms with Crippen molar-refractivity contribution < 1.29 is 14.4 Å². The normalized spacial score (nSPS) is 12.4. The van der Waals surface area contributed by atoms with Gasteiger partial charge in [0.1, 0.15) is 7.11 Å². The van der Waals surface area contributed by atoms with Crippen LogP contribution in [0.3, 0.4) is 0 Å². The van der Waals surface area contributed by atoms with E-state index < -0.39 is 0 Å². The molecule has 1 atom stereocenters. The van der Waals surface area contributed by atoms with Crippen molar-refractivity contribution in [3.63, 3.8) is 0 Å². The Morgan fingerprint density at radius 1 is 1.32 bits per heavy atom. The average molecular weight is 261 g/mol. The highest BCUT2D eigenvalue weighted by molar-refractivity contribution is 5.83. The van der Waals surface area contributed by atoms with Crippen LogP contribution in [-0.2, 0) is 16.0 Å². The number of esters is 1. The number of fused-ring (bicyclic) bond motifs is 1. The number of hydrogen-bond acceptors (Lipinski definition) is 3. The van der Waals surface area contributed by atoms with Crippen LogP contribution in [0.15, 0.2) is 30.5 Å². The molecule has 4 nitrogen and oxygen atoms in total. The molecule has 0 aliphatic rings. The molecule has 0 bridgehead atoms. The summed E-state index contributed by atoms with van der Waals surface area (Å²) in [5, 5.41) is 1.17. The second-order valence-electron chi connectivity index (χ2n) is 4.64. The number of aromatic nitrogens is 1. The highest BCUT2D eigenvalue weighted by Crippen LogP contribution is 2.23. The minimum Gasteiger partial charge on any atom is -0.469 e. The molecule has 102 valence electrons. The number of ether oxygens (including phenoxy) is 1. The summed E-state index contributed by atoms with van der Waals surface area (Å²) in [5.74, 6) is -0.245. The van der Waals surface area contributed by atoms with E-state index in [0.29, 0.717) is 0 Å². The Balaban J connectivity index is 2.19. The van der Waals surface area contributed by atoms with Crippen molar-refractivity contribution in [3.05, 3.63) is 36.0 Å². The third-order valence-corrected chi connectivity index (χ3v) is 3.41. The van der Waals surface area contributed by atoms with Gasteiger partial charge in [-0.15, -0.1) is 0 Å². The summed E-state index contributed by atoms with van der Waals surface area (Å²) in [4.78, 5) is 16.7. The quantitative estimate of drug-likeness (QED) is 0.776. The van der Waals surface area contributed by atoms with Crippen molar-refractivity contribution >= 4 is 16.9 Å². The number of carbonyl (C=O) groups is 1. The van der Waals surface area contributed by atoms with Gasteiger partial charge < -0.3 is 9.57 Å². The maximum Gasteiger partial charge on any atom is 0.308 e. The zero-order valence-electron chi connectivity index (χ0n) is 11.6. The first-order valence-electron chi connectivity index (χ1n) is 6.38. The number of carbonyl (C=O) groups excluding carboxylic acids is 1. The van der Waals surface area contributed by atoms with E-state index in [0.717, 1.165) is 18.4 Å². The molecule has 4 heteroatoms. The Bertz CT molecular complexity index is 574. The summed E-state index contributed by atoms with van der Waals surface area (Å²) < 4.78 is 6.50. The summed E-state index contributed by atoms with van der Waals surface area (Å²) in [6.45, 7) is 1.89. The van der Waals surface area contributed by atoms with Crippen molar-refractivity contribution in [3.8, 4) is 0 Å². The molecule has 0 aliphatic heterocycles. The lowest BCUT2D eigenvalue weighted by Gasteiger charge is -2.07. The minimum absolute atomic E-state index is 0.0883. The van der Waals surface area contributed by atoms with Crippen molar-refractivity contribution in [2.75, 3.05) is 14.2 Å². The van der Waals surface area contributed by atoms with Crippen molar-refractivity contribution in [2.24, 2.45) is 5.92 Å². The standard InChI is InChI=1S/C15H19NO3/c1-11(15(17)18-2)8-9-12-10-16(19-3)14-7-5-4-6-13(12)14/h4-7,10-11H,8-9H2,1-3H3. The molecule has 2 aromatic rings. The second-order valence-corrected chi connectivity index (χ2v) is 4.64. The summed E-state index contributed by atoms with van der Waals surface area (Å²) in [6.07, 6.45) is 3.58. The van der Waals surface area contributed by atoms with E-state index in [1.54, 1.807) is 11.8 Å². The van der Waals surface area contributed by atoms with Gasteiger partial charge in [0.15, 0.2) is 0 Å². The van der Waals surface area contributed by atoms with Gasteiger partial charge in [-0.3, -0.25) is 4.79 Å². The lowest BCUT2D eigenvalue weighted by Crippen LogP contribution is -2.13. The van der Waals surface area contributed by atoms with Crippen molar-refractivity contribution in [1.29, 1.82) is 0 Å². The SMILES string of the molecule is COC(=O)C(C)CCc1cn(OC)c2ccccc12. The number of rotatable bonds is 5. The molecule has 0 saturated carbocycles. The smallest absolute Gasteiger partial charge is 0.308 e. The molecular weight excluding hydrogens is 242 g/mol. The Hall–Kier alpha value is -1.97. The van der Waals surface area contributed by atoms with Gasteiger partial charge in [0.05, 0.1) is 18.5 Å². The topological polar surface area (TPSA) is 40.5 Å². The van der Waals surface area contributed by atoms with Gasteiger partial charge in [-0.2, -0.15) is 4.73 Å². The molecule has 2 rings (SSSR count). The fraction of sp³-hybridized carbons (Fsp3) is 0.400. The molecule has 1 aromatic heterocycles. The van der Waals surface area contributed by atoms with E-state index in [4.69, 9.17) is 9.57 Å². The van der Waals surface area contributed by atoms with Gasteiger partial charge in [0, 0.05) is 11.6 Å². The van der Waals surface area contributed by atoms with E-state index in [1.807, 2.05) is 31.3 Å². The monoisotopic (exact) mass is 261 g/mol. The molecule has 1 unspecified atom stereocenters. The van der Waals surface area contributed by atoms with Gasteiger partial charge >= 0.3 is 5.97 Å². The summed E-state index contributed by atoms with van der Waals surface area (Å²) >= 11 is 0. The summed E-state index contributed by atoms with van der Waals surface area (Å²) in [5.41, 5.74) is 2.24. The number of methoxy groups -OCH3 is 1. The fourth-order valence-corrected chi connectivity index (χ4v) is 2.26. The first-order chi connectivity index (χ1) is 9.17. The zero-order valence-corrected chi connectivity index (χ0v) is 11.6. The number of hydrogen-bond donors (Lipinski definition) is 0.